The Morgan fingerprint density at radius 1 is 1.12 bits per heavy atom. The number of carbonyl (C=O) groups is 2. The molecule has 0 atom stereocenters. The maximum atomic E-state index is 13.4. The first-order valence-corrected chi connectivity index (χ1v) is 9.38. The highest BCUT2D eigenvalue weighted by atomic mass is 16.2. The van der Waals surface area contributed by atoms with Crippen LogP contribution in [0.2, 0.25) is 0 Å². The summed E-state index contributed by atoms with van der Waals surface area (Å²) in [6, 6.07) is 7.78. The molecule has 1 aromatic heterocycles. The summed E-state index contributed by atoms with van der Waals surface area (Å²) in [6.45, 7) is 4.32. The van der Waals surface area contributed by atoms with Crippen LogP contribution in [0.15, 0.2) is 30.5 Å². The van der Waals surface area contributed by atoms with Crippen LogP contribution in [0.5, 0.6) is 0 Å². The van der Waals surface area contributed by atoms with Crippen LogP contribution in [-0.2, 0) is 18.3 Å². The number of aromatic nitrogens is 1. The van der Waals surface area contributed by atoms with Gasteiger partial charge in [-0.2, -0.15) is 0 Å². The first kappa shape index (κ1) is 17.0. The van der Waals surface area contributed by atoms with Crippen LogP contribution in [0.3, 0.4) is 0 Å². The molecule has 1 aromatic carbocycles. The Hall–Kier alpha value is -2.40. The van der Waals surface area contributed by atoms with Crippen molar-refractivity contribution in [2.75, 3.05) is 24.5 Å². The third kappa shape index (κ3) is 2.86. The van der Waals surface area contributed by atoms with Gasteiger partial charge in [0.2, 0.25) is 5.91 Å². The summed E-state index contributed by atoms with van der Waals surface area (Å²) in [5, 5.41) is 0. The molecule has 0 saturated carbocycles. The summed E-state index contributed by atoms with van der Waals surface area (Å²) in [7, 11) is 1.88. The number of benzene rings is 1. The number of amides is 1. The number of nitrogens with zero attached hydrogens (tertiary/aromatic N) is 3. The largest absolute Gasteiger partial charge is 0.346 e. The Morgan fingerprint density at radius 2 is 1.85 bits per heavy atom. The van der Waals surface area contributed by atoms with Crippen molar-refractivity contribution in [1.82, 2.24) is 9.47 Å². The topological polar surface area (TPSA) is 45.6 Å². The molecule has 26 heavy (non-hydrogen) atoms. The summed E-state index contributed by atoms with van der Waals surface area (Å²) in [6.07, 6.45) is 5.81. The fraction of sp³-hybridized carbons (Fsp3) is 0.429. The van der Waals surface area contributed by atoms with Crippen molar-refractivity contribution >= 4 is 23.1 Å². The minimum atomic E-state index is 0.0459. The van der Waals surface area contributed by atoms with Gasteiger partial charge in [0.05, 0.1) is 17.9 Å². The highest BCUT2D eigenvalue weighted by molar-refractivity contribution is 6.13. The van der Waals surface area contributed by atoms with Crippen LogP contribution in [0.25, 0.3) is 0 Å². The first-order chi connectivity index (χ1) is 12.6. The van der Waals surface area contributed by atoms with E-state index in [9.17, 15) is 9.59 Å². The van der Waals surface area contributed by atoms with Crippen molar-refractivity contribution < 1.29 is 9.59 Å². The molecule has 0 unspecified atom stereocenters. The standard InChI is InChI=1S/C21H25N3O2/c1-15-13-22(2)21-18(25)12-16-8-4-5-9-17(16)24(20(15)21)19(26)14-23-10-6-3-7-11-23/h4-5,8-9,13H,3,6-7,10-12,14H2,1-2H3. The van der Waals surface area contributed by atoms with Gasteiger partial charge in [0.25, 0.3) is 0 Å². The molecule has 1 fully saturated rings. The summed E-state index contributed by atoms with van der Waals surface area (Å²) < 4.78 is 1.86. The van der Waals surface area contributed by atoms with Crippen LogP contribution in [0, 0.1) is 6.92 Å². The number of aryl methyl sites for hydroxylation is 2. The first-order valence-electron chi connectivity index (χ1n) is 9.38. The zero-order chi connectivity index (χ0) is 18.3. The molecular formula is C21H25N3O2. The second kappa shape index (κ2) is 6.72. The van der Waals surface area contributed by atoms with Gasteiger partial charge in [-0.25, -0.2) is 0 Å². The average molecular weight is 351 g/mol. The minimum Gasteiger partial charge on any atom is -0.346 e. The minimum absolute atomic E-state index is 0.0459. The Kier molecular flexibility index (Phi) is 4.41. The number of anilines is 2. The predicted octanol–water partition coefficient (Wildman–Crippen LogP) is 3.22. The van der Waals surface area contributed by atoms with Crippen molar-refractivity contribution in [3.05, 3.63) is 47.3 Å². The Balaban J connectivity index is 1.80. The molecule has 0 N–H and O–H groups in total. The van der Waals surface area contributed by atoms with E-state index >= 15 is 0 Å². The van der Waals surface area contributed by atoms with Gasteiger partial charge in [0.15, 0.2) is 5.78 Å². The van der Waals surface area contributed by atoms with Gasteiger partial charge in [-0.05, 0) is 50.0 Å². The van der Waals surface area contributed by atoms with Crippen LogP contribution < -0.4 is 4.90 Å². The Bertz CT molecular complexity index is 862. The molecule has 136 valence electrons. The van der Waals surface area contributed by atoms with E-state index in [1.54, 1.807) is 4.90 Å². The number of fused-ring (bicyclic) bond motifs is 2. The maximum absolute atomic E-state index is 13.4. The second-order valence-electron chi connectivity index (χ2n) is 7.41. The fourth-order valence-corrected chi connectivity index (χ4v) is 4.28. The second-order valence-corrected chi connectivity index (χ2v) is 7.41. The number of rotatable bonds is 2. The van der Waals surface area contributed by atoms with Gasteiger partial charge >= 0.3 is 0 Å². The zero-order valence-corrected chi connectivity index (χ0v) is 15.5. The van der Waals surface area contributed by atoms with E-state index in [2.05, 4.69) is 4.90 Å². The summed E-state index contributed by atoms with van der Waals surface area (Å²) >= 11 is 0. The van der Waals surface area contributed by atoms with Gasteiger partial charge in [-0.1, -0.05) is 24.6 Å². The van der Waals surface area contributed by atoms with E-state index < -0.39 is 0 Å². The Labute approximate surface area is 154 Å². The lowest BCUT2D eigenvalue weighted by Crippen LogP contribution is -2.41. The maximum Gasteiger partial charge on any atom is 0.245 e. The lowest BCUT2D eigenvalue weighted by Gasteiger charge is -2.30. The van der Waals surface area contributed by atoms with Crippen molar-refractivity contribution in [3.63, 3.8) is 0 Å². The summed E-state index contributed by atoms with van der Waals surface area (Å²) in [4.78, 5) is 30.3. The van der Waals surface area contributed by atoms with Gasteiger partial charge in [0, 0.05) is 19.7 Å². The molecule has 0 bridgehead atoms. The smallest absolute Gasteiger partial charge is 0.245 e. The van der Waals surface area contributed by atoms with Crippen LogP contribution in [0.4, 0.5) is 11.4 Å². The van der Waals surface area contributed by atoms with Gasteiger partial charge in [-0.3, -0.25) is 19.4 Å². The highest BCUT2D eigenvalue weighted by Crippen LogP contribution is 2.39. The molecule has 4 rings (SSSR count). The van der Waals surface area contributed by atoms with E-state index in [-0.39, 0.29) is 11.7 Å². The van der Waals surface area contributed by atoms with Crippen LogP contribution in [0.1, 0.15) is 40.9 Å². The van der Waals surface area contributed by atoms with Crippen LogP contribution in [-0.4, -0.2) is 40.8 Å². The average Bonchev–Trinajstić information content (AvgIpc) is 2.83. The fourth-order valence-electron chi connectivity index (χ4n) is 4.28. The molecule has 2 aliphatic heterocycles. The molecule has 0 spiro atoms. The molecular weight excluding hydrogens is 326 g/mol. The number of carbonyl (C=O) groups excluding carboxylic acids is 2. The van der Waals surface area contributed by atoms with E-state index in [1.807, 2.05) is 49.0 Å². The summed E-state index contributed by atoms with van der Waals surface area (Å²) in [5.41, 5.74) is 4.10. The van der Waals surface area contributed by atoms with Gasteiger partial charge in [-0.15, -0.1) is 0 Å². The number of Topliss-reactive ketones (excluding diaryl/α,β-unsaturated/α-hetero) is 1. The van der Waals surface area contributed by atoms with E-state index in [4.69, 9.17) is 0 Å². The molecule has 3 heterocycles. The van der Waals surface area contributed by atoms with Crippen molar-refractivity contribution in [2.24, 2.45) is 7.05 Å². The normalized spacial score (nSPS) is 17.6. The molecule has 5 nitrogen and oxygen atoms in total. The van der Waals surface area contributed by atoms with E-state index in [0.717, 1.165) is 48.4 Å². The molecule has 2 aromatic rings. The lowest BCUT2D eigenvalue weighted by atomic mass is 10.1. The molecule has 0 aliphatic carbocycles. The summed E-state index contributed by atoms with van der Waals surface area (Å²) in [5.74, 6) is 0.112. The Morgan fingerprint density at radius 3 is 2.62 bits per heavy atom. The van der Waals surface area contributed by atoms with E-state index in [1.165, 1.54) is 6.42 Å². The quantitative estimate of drug-likeness (QED) is 0.834. The third-order valence-electron chi connectivity index (χ3n) is 5.47. The van der Waals surface area contributed by atoms with Gasteiger partial charge in [0.1, 0.15) is 5.69 Å². The zero-order valence-electron chi connectivity index (χ0n) is 15.5. The van der Waals surface area contributed by atoms with Crippen LogP contribution >= 0.6 is 0 Å². The van der Waals surface area contributed by atoms with Crippen molar-refractivity contribution in [2.45, 2.75) is 32.6 Å². The highest BCUT2D eigenvalue weighted by Gasteiger charge is 2.33. The number of piperidine rings is 1. The van der Waals surface area contributed by atoms with E-state index in [0.29, 0.717) is 18.7 Å². The molecule has 1 amide bonds. The SMILES string of the molecule is Cc1cn(C)c2c1N(C(=O)CN1CCCCC1)c1ccccc1CC2=O. The third-order valence-corrected chi connectivity index (χ3v) is 5.47. The number of hydrogen-bond donors (Lipinski definition) is 0. The lowest BCUT2D eigenvalue weighted by molar-refractivity contribution is -0.119. The molecule has 1 saturated heterocycles. The van der Waals surface area contributed by atoms with Gasteiger partial charge < -0.3 is 4.57 Å². The number of ketones is 1. The monoisotopic (exact) mass is 351 g/mol. The molecule has 5 heteroatoms. The molecule has 2 aliphatic rings. The van der Waals surface area contributed by atoms with Crippen molar-refractivity contribution in [3.8, 4) is 0 Å². The number of likely N-dealkylation sites (tertiary alicyclic amines) is 1. The van der Waals surface area contributed by atoms with Crippen molar-refractivity contribution in [1.29, 1.82) is 0 Å². The number of para-hydroxylation sites is 1. The molecule has 0 radical (unpaired) electrons. The predicted molar refractivity (Wildman–Crippen MR) is 102 cm³/mol. The number of hydrogen-bond acceptors (Lipinski definition) is 3.